The van der Waals surface area contributed by atoms with E-state index in [1.54, 1.807) is 6.92 Å². The molecule has 0 spiro atoms. The van der Waals surface area contributed by atoms with Crippen LogP contribution in [0.3, 0.4) is 0 Å². The first-order valence-electron chi connectivity index (χ1n) is 3.34. The number of rotatable bonds is 5. The molecule has 0 aromatic heterocycles. The van der Waals surface area contributed by atoms with Crippen molar-refractivity contribution in [2.45, 2.75) is 20.3 Å². The highest BCUT2D eigenvalue weighted by Gasteiger charge is 2.09. The van der Waals surface area contributed by atoms with E-state index in [0.717, 1.165) is 0 Å². The maximum absolute atomic E-state index is 10.8. The molecule has 0 fully saturated rings. The van der Waals surface area contributed by atoms with Gasteiger partial charge in [0, 0.05) is 0 Å². The third-order valence-corrected chi connectivity index (χ3v) is 2.28. The van der Waals surface area contributed by atoms with Crippen LogP contribution >= 0.6 is 0 Å². The summed E-state index contributed by atoms with van der Waals surface area (Å²) in [5.74, 6) is -0.315. The number of carbonyl (C=O) groups is 1. The highest BCUT2D eigenvalue weighted by atomic mass is 32.2. The Labute approximate surface area is 66.7 Å². The second kappa shape index (κ2) is 4.46. The highest BCUT2D eigenvalue weighted by molar-refractivity contribution is 7.86. The van der Waals surface area contributed by atoms with Crippen LogP contribution in [-0.2, 0) is 19.1 Å². The zero-order chi connectivity index (χ0) is 8.91. The summed E-state index contributed by atoms with van der Waals surface area (Å²) in [6.07, 6.45) is 0.500. The van der Waals surface area contributed by atoms with Crippen molar-refractivity contribution in [3.8, 4) is 0 Å². The van der Waals surface area contributed by atoms with Crippen LogP contribution in [0.4, 0.5) is 0 Å². The molecule has 0 radical (unpaired) electrons. The van der Waals surface area contributed by atoms with E-state index in [2.05, 4.69) is 4.18 Å². The lowest BCUT2D eigenvalue weighted by atomic mass is 10.5. The lowest BCUT2D eigenvalue weighted by molar-refractivity contribution is -0.118. The van der Waals surface area contributed by atoms with Gasteiger partial charge in [0.2, 0.25) is 0 Å². The molecule has 0 heterocycles. The Balaban J connectivity index is 3.84. The third-order valence-electron chi connectivity index (χ3n) is 0.896. The first kappa shape index (κ1) is 10.6. The molecule has 0 atom stereocenters. The minimum atomic E-state index is -3.45. The molecule has 0 aromatic rings. The van der Waals surface area contributed by atoms with Gasteiger partial charge in [0.15, 0.2) is 5.78 Å². The molecule has 0 N–H and O–H groups in total. The first-order chi connectivity index (χ1) is 4.98. The SMILES string of the molecule is CCCS(=O)(=O)OCC(C)=O. The zero-order valence-corrected chi connectivity index (χ0v) is 7.48. The van der Waals surface area contributed by atoms with Gasteiger partial charge in [0.1, 0.15) is 6.61 Å². The average molecular weight is 180 g/mol. The molecule has 0 aromatic carbocycles. The predicted molar refractivity (Wildman–Crippen MR) is 40.7 cm³/mol. The largest absolute Gasteiger partial charge is 0.297 e. The second-order valence-electron chi connectivity index (χ2n) is 2.23. The highest BCUT2D eigenvalue weighted by Crippen LogP contribution is 1.95. The monoisotopic (exact) mass is 180 g/mol. The molecule has 0 aliphatic heterocycles. The normalized spacial score (nSPS) is 11.5. The van der Waals surface area contributed by atoms with E-state index in [1.807, 2.05) is 0 Å². The number of hydrogen-bond acceptors (Lipinski definition) is 4. The van der Waals surface area contributed by atoms with Crippen molar-refractivity contribution in [3.63, 3.8) is 0 Å². The molecule has 0 rings (SSSR count). The van der Waals surface area contributed by atoms with Crippen LogP contribution in [0, 0.1) is 0 Å². The van der Waals surface area contributed by atoms with Crippen LogP contribution in [-0.4, -0.2) is 26.6 Å². The Hall–Kier alpha value is -0.420. The Morgan fingerprint density at radius 3 is 2.36 bits per heavy atom. The van der Waals surface area contributed by atoms with Gasteiger partial charge >= 0.3 is 0 Å². The molecular formula is C6H12O4S. The van der Waals surface area contributed by atoms with E-state index < -0.39 is 10.1 Å². The van der Waals surface area contributed by atoms with Crippen molar-refractivity contribution in [2.24, 2.45) is 0 Å². The van der Waals surface area contributed by atoms with Crippen molar-refractivity contribution in [2.75, 3.05) is 12.4 Å². The molecule has 0 saturated heterocycles. The standard InChI is InChI=1S/C6H12O4S/c1-3-4-11(8,9)10-5-6(2)7/h3-5H2,1-2H3. The number of ketones is 1. The summed E-state index contributed by atoms with van der Waals surface area (Å²) in [5, 5.41) is 0. The van der Waals surface area contributed by atoms with E-state index in [0.29, 0.717) is 6.42 Å². The second-order valence-corrected chi connectivity index (χ2v) is 3.99. The fourth-order valence-electron chi connectivity index (χ4n) is 0.482. The quantitative estimate of drug-likeness (QED) is 0.572. The summed E-state index contributed by atoms with van der Waals surface area (Å²) in [6.45, 7) is 2.67. The summed E-state index contributed by atoms with van der Waals surface area (Å²) in [4.78, 5) is 10.3. The Morgan fingerprint density at radius 1 is 1.45 bits per heavy atom. The maximum Gasteiger partial charge on any atom is 0.267 e. The summed E-state index contributed by atoms with van der Waals surface area (Å²) in [6, 6.07) is 0. The van der Waals surface area contributed by atoms with Gasteiger partial charge in [-0.15, -0.1) is 0 Å². The van der Waals surface area contributed by atoms with Crippen molar-refractivity contribution in [1.29, 1.82) is 0 Å². The molecule has 0 saturated carbocycles. The molecule has 0 aliphatic rings. The molecular weight excluding hydrogens is 168 g/mol. The Morgan fingerprint density at radius 2 is 2.00 bits per heavy atom. The molecule has 4 nitrogen and oxygen atoms in total. The van der Waals surface area contributed by atoms with Crippen LogP contribution in [0.2, 0.25) is 0 Å². The number of carbonyl (C=O) groups excluding carboxylic acids is 1. The Kier molecular flexibility index (Phi) is 4.29. The van der Waals surface area contributed by atoms with Crippen molar-refractivity contribution in [3.05, 3.63) is 0 Å². The van der Waals surface area contributed by atoms with E-state index in [1.165, 1.54) is 6.92 Å². The lowest BCUT2D eigenvalue weighted by Crippen LogP contribution is -2.14. The minimum absolute atomic E-state index is 0.0275. The smallest absolute Gasteiger partial charge is 0.267 e. The van der Waals surface area contributed by atoms with Crippen LogP contribution in [0.5, 0.6) is 0 Å². The Bertz CT molecular complexity index is 217. The van der Waals surface area contributed by atoms with E-state index in [-0.39, 0.29) is 18.1 Å². The number of Topliss-reactive ketones (excluding diaryl/α,β-unsaturated/α-hetero) is 1. The van der Waals surface area contributed by atoms with Crippen LogP contribution < -0.4 is 0 Å². The molecule has 11 heavy (non-hydrogen) atoms. The van der Waals surface area contributed by atoms with Gasteiger partial charge in [-0.2, -0.15) is 8.42 Å². The van der Waals surface area contributed by atoms with Gasteiger partial charge in [-0.3, -0.25) is 8.98 Å². The lowest BCUT2D eigenvalue weighted by Gasteiger charge is -2.00. The fourth-order valence-corrected chi connectivity index (χ4v) is 1.45. The summed E-state index contributed by atoms with van der Waals surface area (Å²) < 4.78 is 25.9. The predicted octanol–water partition coefficient (Wildman–Crippen LogP) is 0.332. The molecule has 0 aliphatic carbocycles. The zero-order valence-electron chi connectivity index (χ0n) is 6.66. The van der Waals surface area contributed by atoms with Gasteiger partial charge in [-0.25, -0.2) is 0 Å². The maximum atomic E-state index is 10.8. The summed E-state index contributed by atoms with van der Waals surface area (Å²) >= 11 is 0. The molecule has 0 amide bonds. The number of hydrogen-bond donors (Lipinski definition) is 0. The third kappa shape index (κ3) is 6.00. The van der Waals surface area contributed by atoms with Gasteiger partial charge in [-0.05, 0) is 13.3 Å². The van der Waals surface area contributed by atoms with Crippen molar-refractivity contribution in [1.82, 2.24) is 0 Å². The first-order valence-corrected chi connectivity index (χ1v) is 4.92. The van der Waals surface area contributed by atoms with Gasteiger partial charge in [0.25, 0.3) is 10.1 Å². The molecule has 5 heteroatoms. The topological polar surface area (TPSA) is 60.4 Å². The summed E-state index contributed by atoms with van der Waals surface area (Å²) in [5.41, 5.74) is 0. The molecule has 0 unspecified atom stereocenters. The van der Waals surface area contributed by atoms with E-state index in [4.69, 9.17) is 0 Å². The molecule has 0 bridgehead atoms. The van der Waals surface area contributed by atoms with Crippen LogP contribution in [0.15, 0.2) is 0 Å². The van der Waals surface area contributed by atoms with Crippen LogP contribution in [0.1, 0.15) is 20.3 Å². The van der Waals surface area contributed by atoms with E-state index in [9.17, 15) is 13.2 Å². The van der Waals surface area contributed by atoms with Crippen molar-refractivity contribution >= 4 is 15.9 Å². The van der Waals surface area contributed by atoms with Crippen molar-refractivity contribution < 1.29 is 17.4 Å². The van der Waals surface area contributed by atoms with Crippen LogP contribution in [0.25, 0.3) is 0 Å². The minimum Gasteiger partial charge on any atom is -0.297 e. The van der Waals surface area contributed by atoms with E-state index >= 15 is 0 Å². The average Bonchev–Trinajstić information content (AvgIpc) is 1.84. The van der Waals surface area contributed by atoms with Gasteiger partial charge in [-0.1, -0.05) is 6.92 Å². The summed E-state index contributed by atoms with van der Waals surface area (Å²) in [7, 11) is -3.45. The fraction of sp³-hybridized carbons (Fsp3) is 0.833. The van der Waals surface area contributed by atoms with Gasteiger partial charge in [0.05, 0.1) is 5.75 Å². The van der Waals surface area contributed by atoms with Gasteiger partial charge < -0.3 is 0 Å². The molecule has 66 valence electrons.